The maximum Gasteiger partial charge on any atom is 0.433 e. The van der Waals surface area contributed by atoms with Gasteiger partial charge < -0.3 is 9.64 Å². The summed E-state index contributed by atoms with van der Waals surface area (Å²) in [6.07, 6.45) is -1.77. The Kier molecular flexibility index (Phi) is 4.09. The molecule has 2 aliphatic rings. The molecule has 0 bridgehead atoms. The summed E-state index contributed by atoms with van der Waals surface area (Å²) in [4.78, 5) is 17.6. The fourth-order valence-corrected chi connectivity index (χ4v) is 3.55. The monoisotopic (exact) mass is 362 g/mol. The molecular formula is C19H17F3N2O2. The van der Waals surface area contributed by atoms with E-state index in [-0.39, 0.29) is 17.4 Å². The van der Waals surface area contributed by atoms with Crippen molar-refractivity contribution in [1.29, 1.82) is 0 Å². The number of fused-ring (bicyclic) bond motifs is 1. The Morgan fingerprint density at radius 1 is 1.23 bits per heavy atom. The van der Waals surface area contributed by atoms with E-state index in [1.807, 2.05) is 12.1 Å². The molecule has 7 heteroatoms. The SMILES string of the molecule is O=C(c1ccc(C(F)(F)F)nc1)N1CC[C@@H](c2ccc3c(c2)CCO3)C1. The van der Waals surface area contributed by atoms with Crippen LogP contribution in [0.3, 0.4) is 0 Å². The zero-order valence-corrected chi connectivity index (χ0v) is 13.9. The van der Waals surface area contributed by atoms with Gasteiger partial charge in [0.25, 0.3) is 5.91 Å². The molecule has 1 aromatic carbocycles. The molecule has 2 aliphatic heterocycles. The Morgan fingerprint density at radius 3 is 2.81 bits per heavy atom. The molecule has 136 valence electrons. The number of benzene rings is 1. The Hall–Kier alpha value is -2.57. The molecule has 1 saturated heterocycles. The summed E-state index contributed by atoms with van der Waals surface area (Å²) < 4.78 is 43.3. The van der Waals surface area contributed by atoms with Crippen molar-refractivity contribution in [3.63, 3.8) is 0 Å². The van der Waals surface area contributed by atoms with E-state index in [0.29, 0.717) is 19.7 Å². The molecule has 0 aliphatic carbocycles. The lowest BCUT2D eigenvalue weighted by molar-refractivity contribution is -0.141. The van der Waals surface area contributed by atoms with E-state index >= 15 is 0 Å². The number of hydrogen-bond acceptors (Lipinski definition) is 3. The molecule has 0 N–H and O–H groups in total. The van der Waals surface area contributed by atoms with Crippen LogP contribution in [-0.4, -0.2) is 35.5 Å². The van der Waals surface area contributed by atoms with Crippen molar-refractivity contribution in [2.45, 2.75) is 24.9 Å². The van der Waals surface area contributed by atoms with Crippen LogP contribution in [0.25, 0.3) is 0 Å². The Bertz CT molecular complexity index is 834. The maximum atomic E-state index is 12.6. The standard InChI is InChI=1S/C19H17F3N2O2/c20-19(21,22)17-4-2-14(10-23-17)18(25)24-7-5-15(11-24)12-1-3-16-13(9-12)6-8-26-16/h1-4,9-10,15H,5-8,11H2/t15-/m1/s1. The Labute approximate surface area is 148 Å². The lowest BCUT2D eigenvalue weighted by Crippen LogP contribution is -2.28. The normalized spacial score (nSPS) is 19.3. The summed E-state index contributed by atoms with van der Waals surface area (Å²) in [6, 6.07) is 8.19. The summed E-state index contributed by atoms with van der Waals surface area (Å²) in [6.45, 7) is 1.84. The average molecular weight is 362 g/mol. The highest BCUT2D eigenvalue weighted by atomic mass is 19.4. The molecule has 0 spiro atoms. The van der Waals surface area contributed by atoms with Crippen LogP contribution in [0.2, 0.25) is 0 Å². The molecule has 3 heterocycles. The van der Waals surface area contributed by atoms with Crippen molar-refractivity contribution in [2.75, 3.05) is 19.7 Å². The zero-order chi connectivity index (χ0) is 18.3. The van der Waals surface area contributed by atoms with Gasteiger partial charge >= 0.3 is 6.18 Å². The van der Waals surface area contributed by atoms with Crippen LogP contribution in [0.5, 0.6) is 5.75 Å². The van der Waals surface area contributed by atoms with Gasteiger partial charge in [-0.05, 0) is 35.7 Å². The fraction of sp³-hybridized carbons (Fsp3) is 0.368. The number of rotatable bonds is 2. The second-order valence-corrected chi connectivity index (χ2v) is 6.63. The molecule has 4 nitrogen and oxygen atoms in total. The number of amides is 1. The largest absolute Gasteiger partial charge is 0.493 e. The molecule has 0 unspecified atom stereocenters. The van der Waals surface area contributed by atoms with Crippen LogP contribution < -0.4 is 4.74 Å². The van der Waals surface area contributed by atoms with Gasteiger partial charge in [-0.15, -0.1) is 0 Å². The van der Waals surface area contributed by atoms with Crippen molar-refractivity contribution >= 4 is 5.91 Å². The van der Waals surface area contributed by atoms with Crippen LogP contribution in [0.4, 0.5) is 13.2 Å². The second-order valence-electron chi connectivity index (χ2n) is 6.63. The average Bonchev–Trinajstić information content (AvgIpc) is 3.29. The first-order valence-electron chi connectivity index (χ1n) is 8.50. The summed E-state index contributed by atoms with van der Waals surface area (Å²) in [7, 11) is 0. The van der Waals surface area contributed by atoms with Crippen molar-refractivity contribution in [1.82, 2.24) is 9.88 Å². The smallest absolute Gasteiger partial charge is 0.433 e. The number of carbonyl (C=O) groups is 1. The van der Waals surface area contributed by atoms with Crippen molar-refractivity contribution in [3.05, 3.63) is 58.9 Å². The predicted molar refractivity (Wildman–Crippen MR) is 88.1 cm³/mol. The second kappa shape index (κ2) is 6.30. The van der Waals surface area contributed by atoms with Gasteiger partial charge in [0.05, 0.1) is 12.2 Å². The number of alkyl halides is 3. The number of carbonyl (C=O) groups excluding carboxylic acids is 1. The zero-order valence-electron chi connectivity index (χ0n) is 13.9. The van der Waals surface area contributed by atoms with Crippen LogP contribution in [-0.2, 0) is 12.6 Å². The van der Waals surface area contributed by atoms with Gasteiger partial charge in [0.2, 0.25) is 0 Å². The molecule has 1 atom stereocenters. The third-order valence-electron chi connectivity index (χ3n) is 4.96. The van der Waals surface area contributed by atoms with Crippen LogP contribution in [0.1, 0.15) is 39.5 Å². The van der Waals surface area contributed by atoms with Crippen molar-refractivity contribution in [2.24, 2.45) is 0 Å². The lowest BCUT2D eigenvalue weighted by Gasteiger charge is -2.17. The third-order valence-corrected chi connectivity index (χ3v) is 4.96. The van der Waals surface area contributed by atoms with E-state index in [1.54, 1.807) is 4.90 Å². The van der Waals surface area contributed by atoms with E-state index < -0.39 is 11.9 Å². The molecule has 0 radical (unpaired) electrons. The highest BCUT2D eigenvalue weighted by molar-refractivity contribution is 5.94. The number of pyridine rings is 1. The molecule has 1 aromatic heterocycles. The highest BCUT2D eigenvalue weighted by Crippen LogP contribution is 2.33. The summed E-state index contributed by atoms with van der Waals surface area (Å²) >= 11 is 0. The van der Waals surface area contributed by atoms with Crippen LogP contribution in [0, 0.1) is 0 Å². The topological polar surface area (TPSA) is 42.4 Å². The number of likely N-dealkylation sites (tertiary alicyclic amines) is 1. The van der Waals surface area contributed by atoms with Gasteiger partial charge in [-0.1, -0.05) is 12.1 Å². The third kappa shape index (κ3) is 3.13. The molecule has 0 saturated carbocycles. The first-order valence-corrected chi connectivity index (χ1v) is 8.50. The molecule has 2 aromatic rings. The van der Waals surface area contributed by atoms with Gasteiger partial charge in [-0.25, -0.2) is 0 Å². The first-order chi connectivity index (χ1) is 12.4. The van der Waals surface area contributed by atoms with Crippen LogP contribution >= 0.6 is 0 Å². The summed E-state index contributed by atoms with van der Waals surface area (Å²) in [5.41, 5.74) is 1.56. The fourth-order valence-electron chi connectivity index (χ4n) is 3.55. The lowest BCUT2D eigenvalue weighted by atomic mass is 9.96. The molecular weight excluding hydrogens is 345 g/mol. The van der Waals surface area contributed by atoms with E-state index in [0.717, 1.165) is 30.9 Å². The van der Waals surface area contributed by atoms with E-state index in [9.17, 15) is 18.0 Å². The molecule has 1 amide bonds. The molecule has 1 fully saturated rings. The maximum absolute atomic E-state index is 12.6. The Morgan fingerprint density at radius 2 is 2.08 bits per heavy atom. The predicted octanol–water partition coefficient (Wildman–Crippen LogP) is 3.67. The van der Waals surface area contributed by atoms with Gasteiger partial charge in [0.1, 0.15) is 11.4 Å². The summed E-state index contributed by atoms with van der Waals surface area (Å²) in [5.74, 6) is 0.876. The van der Waals surface area contributed by atoms with E-state index in [1.165, 1.54) is 17.2 Å². The van der Waals surface area contributed by atoms with E-state index in [4.69, 9.17) is 4.74 Å². The highest BCUT2D eigenvalue weighted by Gasteiger charge is 2.33. The molecule has 26 heavy (non-hydrogen) atoms. The van der Waals surface area contributed by atoms with Gasteiger partial charge in [-0.3, -0.25) is 9.78 Å². The number of halogens is 3. The minimum absolute atomic E-state index is 0.181. The minimum atomic E-state index is -4.50. The Balaban J connectivity index is 1.45. The minimum Gasteiger partial charge on any atom is -0.493 e. The van der Waals surface area contributed by atoms with E-state index in [2.05, 4.69) is 11.1 Å². The van der Waals surface area contributed by atoms with Crippen LogP contribution in [0.15, 0.2) is 36.5 Å². The van der Waals surface area contributed by atoms with Crippen molar-refractivity contribution in [3.8, 4) is 5.75 Å². The van der Waals surface area contributed by atoms with Gasteiger partial charge in [0.15, 0.2) is 0 Å². The number of hydrogen-bond donors (Lipinski definition) is 0. The quantitative estimate of drug-likeness (QED) is 0.819. The summed E-state index contributed by atoms with van der Waals surface area (Å²) in [5, 5.41) is 0. The number of ether oxygens (including phenoxy) is 1. The molecule has 4 rings (SSSR count). The van der Waals surface area contributed by atoms with Gasteiger partial charge in [0, 0.05) is 31.6 Å². The number of nitrogens with zero attached hydrogens (tertiary/aromatic N) is 2. The van der Waals surface area contributed by atoms with Crippen molar-refractivity contribution < 1.29 is 22.7 Å². The first kappa shape index (κ1) is 16.9. The number of aromatic nitrogens is 1. The van der Waals surface area contributed by atoms with Gasteiger partial charge in [-0.2, -0.15) is 13.2 Å².